The number of primary sulfonamides is 1. The van der Waals surface area contributed by atoms with Crippen molar-refractivity contribution in [3.8, 4) is 0 Å². The van der Waals surface area contributed by atoms with Crippen molar-refractivity contribution in [3.05, 3.63) is 57.6 Å². The van der Waals surface area contributed by atoms with Gasteiger partial charge < -0.3 is 9.80 Å². The highest BCUT2D eigenvalue weighted by molar-refractivity contribution is 7.89. The molecule has 0 saturated carbocycles. The molecule has 1 aliphatic rings. The Morgan fingerprint density at radius 1 is 1.00 bits per heavy atom. The highest BCUT2D eigenvalue weighted by Crippen LogP contribution is 2.31. The van der Waals surface area contributed by atoms with Gasteiger partial charge in [0, 0.05) is 44.0 Å². The molecule has 3 rings (SSSR count). The Morgan fingerprint density at radius 2 is 1.59 bits per heavy atom. The van der Waals surface area contributed by atoms with Gasteiger partial charge in [0.1, 0.15) is 4.90 Å². The number of nitrogens with two attached hydrogens (primary N) is 1. The lowest BCUT2D eigenvalue weighted by Crippen LogP contribution is -2.47. The van der Waals surface area contributed by atoms with Gasteiger partial charge in [0.25, 0.3) is 5.69 Å². The molecule has 0 radical (unpaired) electrons. The van der Waals surface area contributed by atoms with Crippen molar-refractivity contribution >= 4 is 27.1 Å². The van der Waals surface area contributed by atoms with Crippen molar-refractivity contribution in [1.82, 2.24) is 0 Å². The largest absolute Gasteiger partial charge is 0.368 e. The number of non-ortho nitro benzene ring substituents is 1. The summed E-state index contributed by atoms with van der Waals surface area (Å²) in [6.45, 7) is 6.77. The second kappa shape index (κ2) is 7.16. The lowest BCUT2D eigenvalue weighted by molar-refractivity contribution is -0.385. The third-order valence-electron chi connectivity index (χ3n) is 5.00. The number of nitrogens with zero attached hydrogens (tertiary/aromatic N) is 3. The van der Waals surface area contributed by atoms with E-state index in [0.29, 0.717) is 31.9 Å². The number of hydrogen-bond donors (Lipinski definition) is 1. The summed E-state index contributed by atoms with van der Waals surface area (Å²) in [4.78, 5) is 14.3. The van der Waals surface area contributed by atoms with Crippen molar-refractivity contribution in [1.29, 1.82) is 0 Å². The molecule has 0 atom stereocenters. The molecule has 8 nitrogen and oxygen atoms in total. The average Bonchev–Trinajstić information content (AvgIpc) is 2.63. The molecule has 1 saturated heterocycles. The zero-order valence-electron chi connectivity index (χ0n) is 15.3. The number of rotatable bonds is 4. The SMILES string of the molecule is Cc1cccc(N2CCN(c3ccc([N+](=O)[O-])cc3S(N)(=O)=O)CC2)c1C. The van der Waals surface area contributed by atoms with Crippen LogP contribution in [0.15, 0.2) is 41.3 Å². The highest BCUT2D eigenvalue weighted by Gasteiger charge is 2.25. The number of hydrogen-bond acceptors (Lipinski definition) is 6. The van der Waals surface area contributed by atoms with Crippen molar-refractivity contribution in [3.63, 3.8) is 0 Å². The topological polar surface area (TPSA) is 110 Å². The van der Waals surface area contributed by atoms with E-state index in [4.69, 9.17) is 5.14 Å². The third kappa shape index (κ3) is 3.88. The number of benzene rings is 2. The van der Waals surface area contributed by atoms with Crippen LogP contribution in [0.2, 0.25) is 0 Å². The van der Waals surface area contributed by atoms with Crippen molar-refractivity contribution < 1.29 is 13.3 Å². The molecule has 2 aromatic carbocycles. The lowest BCUT2D eigenvalue weighted by Gasteiger charge is -2.38. The normalized spacial score (nSPS) is 15.1. The lowest BCUT2D eigenvalue weighted by atomic mass is 10.1. The minimum Gasteiger partial charge on any atom is -0.368 e. The van der Waals surface area contributed by atoms with E-state index in [1.807, 2.05) is 11.0 Å². The first kappa shape index (κ1) is 19.1. The smallest absolute Gasteiger partial charge is 0.270 e. The Labute approximate surface area is 158 Å². The molecule has 9 heteroatoms. The Hall–Kier alpha value is -2.65. The van der Waals surface area contributed by atoms with Gasteiger partial charge in [0.2, 0.25) is 10.0 Å². The number of nitro benzene ring substituents is 1. The van der Waals surface area contributed by atoms with Crippen molar-refractivity contribution in [2.45, 2.75) is 18.7 Å². The third-order valence-corrected chi connectivity index (χ3v) is 5.94. The first-order valence-electron chi connectivity index (χ1n) is 8.56. The summed E-state index contributed by atoms with van der Waals surface area (Å²) in [6.07, 6.45) is 0. The van der Waals surface area contributed by atoms with Crippen LogP contribution in [0.5, 0.6) is 0 Å². The van der Waals surface area contributed by atoms with Gasteiger partial charge in [0.15, 0.2) is 0 Å². The van der Waals surface area contributed by atoms with Gasteiger partial charge in [-0.25, -0.2) is 13.6 Å². The van der Waals surface area contributed by atoms with Crippen LogP contribution in [0, 0.1) is 24.0 Å². The van der Waals surface area contributed by atoms with E-state index < -0.39 is 14.9 Å². The molecule has 144 valence electrons. The molecule has 0 unspecified atom stereocenters. The second-order valence-electron chi connectivity index (χ2n) is 6.65. The quantitative estimate of drug-likeness (QED) is 0.633. The minimum atomic E-state index is -4.08. The molecule has 0 aromatic heterocycles. The fourth-order valence-electron chi connectivity index (χ4n) is 3.37. The maximum Gasteiger partial charge on any atom is 0.270 e. The molecule has 27 heavy (non-hydrogen) atoms. The van der Waals surface area contributed by atoms with E-state index in [1.165, 1.54) is 28.9 Å². The van der Waals surface area contributed by atoms with E-state index in [9.17, 15) is 18.5 Å². The molecule has 0 aliphatic carbocycles. The molecule has 2 N–H and O–H groups in total. The Bertz CT molecular complexity index is 983. The van der Waals surface area contributed by atoms with Crippen LogP contribution >= 0.6 is 0 Å². The fraction of sp³-hybridized carbons (Fsp3) is 0.333. The standard InChI is InChI=1S/C18H22N4O4S/c1-13-4-3-5-16(14(13)2)20-8-10-21(11-9-20)17-7-6-15(22(23)24)12-18(17)27(19,25)26/h3-7,12H,8-11H2,1-2H3,(H2,19,25,26). The van der Waals surface area contributed by atoms with E-state index in [1.54, 1.807) is 0 Å². The first-order chi connectivity index (χ1) is 12.7. The summed E-state index contributed by atoms with van der Waals surface area (Å²) < 4.78 is 23.9. The second-order valence-corrected chi connectivity index (χ2v) is 8.18. The molecule has 0 bridgehead atoms. The molecule has 1 fully saturated rings. The molecule has 2 aromatic rings. The summed E-state index contributed by atoms with van der Waals surface area (Å²) in [5.41, 5.74) is 3.74. The van der Waals surface area contributed by atoms with Crippen LogP contribution in [0.4, 0.5) is 17.1 Å². The monoisotopic (exact) mass is 390 g/mol. The fourth-order valence-corrected chi connectivity index (χ4v) is 4.15. The molecular weight excluding hydrogens is 368 g/mol. The van der Waals surface area contributed by atoms with Gasteiger partial charge in [-0.2, -0.15) is 0 Å². The van der Waals surface area contributed by atoms with E-state index in [0.717, 1.165) is 6.07 Å². The van der Waals surface area contributed by atoms with Gasteiger partial charge in [-0.15, -0.1) is 0 Å². The Balaban J connectivity index is 1.86. The summed E-state index contributed by atoms with van der Waals surface area (Å²) in [6, 6.07) is 9.98. The van der Waals surface area contributed by atoms with Crippen LogP contribution in [0.3, 0.4) is 0 Å². The zero-order chi connectivity index (χ0) is 19.8. The maximum absolute atomic E-state index is 12.0. The van der Waals surface area contributed by atoms with Crippen LogP contribution in [0.25, 0.3) is 0 Å². The first-order valence-corrected chi connectivity index (χ1v) is 10.1. The van der Waals surface area contributed by atoms with E-state index >= 15 is 0 Å². The Morgan fingerprint density at radius 3 is 2.15 bits per heavy atom. The van der Waals surface area contributed by atoms with Gasteiger partial charge in [-0.3, -0.25) is 10.1 Å². The number of aryl methyl sites for hydroxylation is 1. The summed E-state index contributed by atoms with van der Waals surface area (Å²) in [5.74, 6) is 0. The molecule has 0 amide bonds. The number of nitro groups is 1. The van der Waals surface area contributed by atoms with Gasteiger partial charge in [-0.05, 0) is 37.1 Å². The minimum absolute atomic E-state index is 0.211. The number of piperazine rings is 1. The number of anilines is 2. The molecular formula is C18H22N4O4S. The van der Waals surface area contributed by atoms with E-state index in [-0.39, 0.29) is 10.6 Å². The van der Waals surface area contributed by atoms with E-state index in [2.05, 4.69) is 30.9 Å². The molecule has 1 heterocycles. The van der Waals surface area contributed by atoms with Crippen molar-refractivity contribution in [2.24, 2.45) is 5.14 Å². The van der Waals surface area contributed by atoms with Gasteiger partial charge >= 0.3 is 0 Å². The zero-order valence-corrected chi connectivity index (χ0v) is 16.1. The van der Waals surface area contributed by atoms with Gasteiger partial charge in [0.05, 0.1) is 10.6 Å². The van der Waals surface area contributed by atoms with Crippen LogP contribution in [-0.2, 0) is 10.0 Å². The van der Waals surface area contributed by atoms with Crippen LogP contribution < -0.4 is 14.9 Å². The maximum atomic E-state index is 12.0. The molecule has 0 spiro atoms. The average molecular weight is 390 g/mol. The molecule has 1 aliphatic heterocycles. The van der Waals surface area contributed by atoms with Crippen LogP contribution in [0.1, 0.15) is 11.1 Å². The van der Waals surface area contributed by atoms with Gasteiger partial charge in [-0.1, -0.05) is 12.1 Å². The predicted molar refractivity (Wildman–Crippen MR) is 105 cm³/mol. The Kier molecular flexibility index (Phi) is 5.07. The van der Waals surface area contributed by atoms with Crippen LogP contribution in [-0.4, -0.2) is 39.5 Å². The summed E-state index contributed by atoms with van der Waals surface area (Å²) >= 11 is 0. The number of sulfonamides is 1. The summed E-state index contributed by atoms with van der Waals surface area (Å²) in [7, 11) is -4.08. The predicted octanol–water partition coefficient (Wildman–Crippen LogP) is 2.19. The highest BCUT2D eigenvalue weighted by atomic mass is 32.2. The summed E-state index contributed by atoms with van der Waals surface area (Å²) in [5, 5.41) is 16.3. The van der Waals surface area contributed by atoms with Crippen molar-refractivity contribution in [2.75, 3.05) is 36.0 Å².